The molecular formula is C27H28N2O3. The number of carbonyl (C=O) groups excluding carboxylic acids is 1. The number of carbonyl (C=O) groups is 1. The quantitative estimate of drug-likeness (QED) is 0.428. The molecule has 5 nitrogen and oxygen atoms in total. The highest BCUT2D eigenvalue weighted by Crippen LogP contribution is 2.34. The Bertz CT molecular complexity index is 1230. The number of methoxy groups -OCH3 is 1. The molecule has 1 heterocycles. The maximum Gasteiger partial charge on any atom is 0.261 e. The number of aromatic nitrogens is 1. The first-order valence-corrected chi connectivity index (χ1v) is 10.6. The number of aryl methyl sites for hydroxylation is 2. The Labute approximate surface area is 188 Å². The van der Waals surface area contributed by atoms with Gasteiger partial charge in [0.2, 0.25) is 0 Å². The Balaban J connectivity index is 1.63. The third-order valence-corrected chi connectivity index (χ3v) is 5.97. The lowest BCUT2D eigenvalue weighted by molar-refractivity contribution is -0.133. The van der Waals surface area contributed by atoms with E-state index in [-0.39, 0.29) is 18.6 Å². The van der Waals surface area contributed by atoms with Crippen molar-refractivity contribution in [2.45, 2.75) is 19.9 Å². The smallest absolute Gasteiger partial charge is 0.261 e. The Morgan fingerprint density at radius 3 is 2.41 bits per heavy atom. The Morgan fingerprint density at radius 1 is 0.969 bits per heavy atom. The number of fused-ring (bicyclic) bond motifs is 1. The van der Waals surface area contributed by atoms with E-state index in [2.05, 4.69) is 18.0 Å². The van der Waals surface area contributed by atoms with Gasteiger partial charge in [-0.15, -0.1) is 0 Å². The summed E-state index contributed by atoms with van der Waals surface area (Å²) in [6, 6.07) is 21.5. The van der Waals surface area contributed by atoms with Crippen molar-refractivity contribution in [3.8, 4) is 11.5 Å². The molecule has 0 aliphatic rings. The number of nitrogens with one attached hydrogen (secondary N) is 1. The minimum absolute atomic E-state index is 0.0337. The van der Waals surface area contributed by atoms with E-state index in [1.54, 1.807) is 12.0 Å². The van der Waals surface area contributed by atoms with E-state index < -0.39 is 0 Å². The maximum absolute atomic E-state index is 13.2. The number of nitrogens with zero attached hydrogens (tertiary/aromatic N) is 1. The van der Waals surface area contributed by atoms with Gasteiger partial charge in [0.15, 0.2) is 6.61 Å². The molecule has 164 valence electrons. The molecule has 0 saturated heterocycles. The van der Waals surface area contributed by atoms with E-state index in [1.807, 2.05) is 80.8 Å². The molecule has 3 aromatic carbocycles. The highest BCUT2D eigenvalue weighted by Gasteiger charge is 2.26. The van der Waals surface area contributed by atoms with Crippen LogP contribution in [0.25, 0.3) is 10.9 Å². The van der Waals surface area contributed by atoms with E-state index in [0.29, 0.717) is 5.75 Å². The predicted octanol–water partition coefficient (Wildman–Crippen LogP) is 5.42. The molecule has 0 bridgehead atoms. The van der Waals surface area contributed by atoms with Gasteiger partial charge in [0.25, 0.3) is 5.91 Å². The zero-order valence-corrected chi connectivity index (χ0v) is 18.9. The van der Waals surface area contributed by atoms with Gasteiger partial charge < -0.3 is 19.4 Å². The number of rotatable bonds is 7. The van der Waals surface area contributed by atoms with Gasteiger partial charge in [-0.05, 0) is 60.9 Å². The number of benzene rings is 3. The van der Waals surface area contributed by atoms with Crippen molar-refractivity contribution >= 4 is 16.8 Å². The Kier molecular flexibility index (Phi) is 6.17. The summed E-state index contributed by atoms with van der Waals surface area (Å²) >= 11 is 0. The molecule has 0 unspecified atom stereocenters. The van der Waals surface area contributed by atoms with Crippen molar-refractivity contribution < 1.29 is 14.3 Å². The van der Waals surface area contributed by atoms with Gasteiger partial charge in [0.1, 0.15) is 11.5 Å². The normalized spacial score (nSPS) is 11.9. The van der Waals surface area contributed by atoms with Crippen LogP contribution >= 0.6 is 0 Å². The number of aromatic amines is 1. The van der Waals surface area contributed by atoms with Crippen molar-refractivity contribution in [1.82, 2.24) is 9.88 Å². The first-order valence-electron chi connectivity index (χ1n) is 10.6. The molecule has 0 fully saturated rings. The summed E-state index contributed by atoms with van der Waals surface area (Å²) in [4.78, 5) is 18.3. The van der Waals surface area contributed by atoms with Gasteiger partial charge in [-0.3, -0.25) is 4.79 Å². The Hall–Kier alpha value is -3.73. The average Bonchev–Trinajstić information content (AvgIpc) is 3.24. The van der Waals surface area contributed by atoms with E-state index in [0.717, 1.165) is 33.3 Å². The summed E-state index contributed by atoms with van der Waals surface area (Å²) in [7, 11) is 3.47. The molecule has 0 aliphatic heterocycles. The van der Waals surface area contributed by atoms with Crippen LogP contribution in [0.15, 0.2) is 72.9 Å². The van der Waals surface area contributed by atoms with Gasteiger partial charge >= 0.3 is 0 Å². The van der Waals surface area contributed by atoms with Crippen LogP contribution in [0.1, 0.15) is 28.3 Å². The van der Waals surface area contributed by atoms with Crippen LogP contribution in [0.2, 0.25) is 0 Å². The van der Waals surface area contributed by atoms with Crippen LogP contribution in [0, 0.1) is 13.8 Å². The average molecular weight is 429 g/mol. The molecule has 0 saturated carbocycles. The van der Waals surface area contributed by atoms with E-state index in [9.17, 15) is 4.79 Å². The Morgan fingerprint density at radius 2 is 1.69 bits per heavy atom. The summed E-state index contributed by atoms with van der Waals surface area (Å²) < 4.78 is 11.1. The van der Waals surface area contributed by atoms with Crippen molar-refractivity contribution in [2.24, 2.45) is 0 Å². The molecule has 1 N–H and O–H groups in total. The number of likely N-dealkylation sites (N-methyl/N-ethyl adjacent to an activating group) is 1. The summed E-state index contributed by atoms with van der Waals surface area (Å²) in [6.45, 7) is 4.06. The van der Waals surface area contributed by atoms with Crippen LogP contribution in [0.5, 0.6) is 11.5 Å². The fraction of sp³-hybridized carbons (Fsp3) is 0.222. The van der Waals surface area contributed by atoms with Gasteiger partial charge in [-0.2, -0.15) is 0 Å². The highest BCUT2D eigenvalue weighted by molar-refractivity contribution is 5.85. The molecule has 4 aromatic rings. The summed E-state index contributed by atoms with van der Waals surface area (Å²) in [5.41, 5.74) is 5.40. The van der Waals surface area contributed by atoms with Gasteiger partial charge in [-0.1, -0.05) is 36.4 Å². The molecule has 0 spiro atoms. The fourth-order valence-corrected chi connectivity index (χ4v) is 3.91. The molecule has 1 atom stereocenters. The lowest BCUT2D eigenvalue weighted by Gasteiger charge is -2.29. The van der Waals surface area contributed by atoms with Gasteiger partial charge in [0, 0.05) is 29.7 Å². The third-order valence-electron chi connectivity index (χ3n) is 5.97. The molecule has 1 amide bonds. The summed E-state index contributed by atoms with van der Waals surface area (Å²) in [5, 5.41) is 1.09. The molecule has 4 rings (SSSR count). The van der Waals surface area contributed by atoms with Crippen molar-refractivity contribution in [1.29, 1.82) is 0 Å². The molecule has 5 heteroatoms. The number of hydrogen-bond acceptors (Lipinski definition) is 3. The SMILES string of the molecule is COc1ccc([C@@H](c2c[nH]c3ccccc23)N(C)C(=O)COc2ccc(C)c(C)c2)cc1. The third kappa shape index (κ3) is 4.33. The molecule has 32 heavy (non-hydrogen) atoms. The van der Waals surface area contributed by atoms with Crippen LogP contribution in [0.4, 0.5) is 0 Å². The van der Waals surface area contributed by atoms with Gasteiger partial charge in [-0.25, -0.2) is 0 Å². The number of ether oxygens (including phenoxy) is 2. The number of H-pyrrole nitrogens is 1. The van der Waals surface area contributed by atoms with Crippen LogP contribution in [-0.2, 0) is 4.79 Å². The standard InChI is InChI=1S/C27H28N2O3/c1-18-9-12-22(15-19(18)2)32-17-26(30)29(3)27(20-10-13-21(31-4)14-11-20)24-16-28-25-8-6-5-7-23(24)25/h5-16,27-28H,17H2,1-4H3/t27-/m0/s1. The lowest BCUT2D eigenvalue weighted by atomic mass is 9.96. The van der Waals surface area contributed by atoms with Gasteiger partial charge in [0.05, 0.1) is 13.2 Å². The first kappa shape index (κ1) is 21.5. The maximum atomic E-state index is 13.2. The second kappa shape index (κ2) is 9.18. The highest BCUT2D eigenvalue weighted by atomic mass is 16.5. The fourth-order valence-electron chi connectivity index (χ4n) is 3.91. The van der Waals surface area contributed by atoms with Crippen LogP contribution in [-0.4, -0.2) is 36.6 Å². The monoisotopic (exact) mass is 428 g/mol. The van der Waals surface area contributed by atoms with E-state index in [1.165, 1.54) is 5.56 Å². The minimum Gasteiger partial charge on any atom is -0.497 e. The summed E-state index contributed by atoms with van der Waals surface area (Å²) in [6.07, 6.45) is 1.98. The van der Waals surface area contributed by atoms with Crippen molar-refractivity contribution in [3.63, 3.8) is 0 Å². The lowest BCUT2D eigenvalue weighted by Crippen LogP contribution is -2.35. The van der Waals surface area contributed by atoms with Crippen molar-refractivity contribution in [3.05, 3.63) is 95.2 Å². The zero-order valence-electron chi connectivity index (χ0n) is 18.9. The van der Waals surface area contributed by atoms with Crippen LogP contribution < -0.4 is 9.47 Å². The predicted molar refractivity (Wildman–Crippen MR) is 127 cm³/mol. The number of para-hydroxylation sites is 1. The molecule has 1 aromatic heterocycles. The van der Waals surface area contributed by atoms with Crippen LogP contribution in [0.3, 0.4) is 0 Å². The number of hydrogen-bond donors (Lipinski definition) is 1. The van der Waals surface area contributed by atoms with E-state index in [4.69, 9.17) is 9.47 Å². The second-order valence-electron chi connectivity index (χ2n) is 8.00. The minimum atomic E-state index is -0.270. The largest absolute Gasteiger partial charge is 0.497 e. The molecule has 0 radical (unpaired) electrons. The van der Waals surface area contributed by atoms with Crippen molar-refractivity contribution in [2.75, 3.05) is 20.8 Å². The zero-order chi connectivity index (χ0) is 22.7. The summed E-state index contributed by atoms with van der Waals surface area (Å²) in [5.74, 6) is 1.37. The second-order valence-corrected chi connectivity index (χ2v) is 8.00. The van der Waals surface area contributed by atoms with E-state index >= 15 is 0 Å². The molecular weight excluding hydrogens is 400 g/mol. The molecule has 0 aliphatic carbocycles. The number of amides is 1. The topological polar surface area (TPSA) is 54.6 Å². The first-order chi connectivity index (χ1) is 15.5.